The summed E-state index contributed by atoms with van der Waals surface area (Å²) in [6.07, 6.45) is 1.70. The number of hydrogen-bond donors (Lipinski definition) is 0. The van der Waals surface area contributed by atoms with Gasteiger partial charge in [0.1, 0.15) is 17.5 Å². The highest BCUT2D eigenvalue weighted by Crippen LogP contribution is 2.27. The second kappa shape index (κ2) is 10.4. The van der Waals surface area contributed by atoms with Crippen LogP contribution in [-0.2, 0) is 6.54 Å². The number of nitrogens with zero attached hydrogens (tertiary/aromatic N) is 5. The molecule has 6 nitrogen and oxygen atoms in total. The molecule has 9 heteroatoms. The Morgan fingerprint density at radius 1 is 0.970 bits per heavy atom. The van der Waals surface area contributed by atoms with Crippen molar-refractivity contribution in [3.05, 3.63) is 87.1 Å². The number of aromatic nitrogens is 4. The van der Waals surface area contributed by atoms with Gasteiger partial charge in [-0.25, -0.2) is 4.98 Å². The maximum Gasteiger partial charge on any atom is 0.227 e. The standard InChI is InChI=1S/C24H22Cl3N5O/c1-16-18(4-3-5-21(16)26)15-32-23(17-6-11-22(27)28-14-17)29-30-24(32)31(2)12-13-33-20-9-7-19(25)8-10-20/h3-11,14H,12-13,15H2,1-2H3. The predicted octanol–water partition coefficient (Wildman–Crippen LogP) is 6.17. The van der Waals surface area contributed by atoms with E-state index in [4.69, 9.17) is 39.5 Å². The fourth-order valence-corrected chi connectivity index (χ4v) is 3.80. The molecule has 2 aromatic carbocycles. The van der Waals surface area contributed by atoms with Crippen LogP contribution in [0.2, 0.25) is 15.2 Å². The molecule has 33 heavy (non-hydrogen) atoms. The van der Waals surface area contributed by atoms with E-state index in [9.17, 15) is 0 Å². The lowest BCUT2D eigenvalue weighted by Crippen LogP contribution is -2.27. The molecule has 2 aromatic heterocycles. The number of likely N-dealkylation sites (N-methyl/N-ethyl adjacent to an activating group) is 1. The molecule has 0 radical (unpaired) electrons. The van der Waals surface area contributed by atoms with Crippen molar-refractivity contribution in [1.82, 2.24) is 19.7 Å². The Bertz CT molecular complexity index is 1230. The number of halogens is 3. The van der Waals surface area contributed by atoms with E-state index in [1.807, 2.05) is 53.8 Å². The first-order valence-corrected chi connectivity index (χ1v) is 11.4. The molecule has 170 valence electrons. The van der Waals surface area contributed by atoms with Gasteiger partial charge in [0.25, 0.3) is 0 Å². The minimum absolute atomic E-state index is 0.423. The van der Waals surface area contributed by atoms with Crippen LogP contribution >= 0.6 is 34.8 Å². The highest BCUT2D eigenvalue weighted by atomic mass is 35.5. The summed E-state index contributed by atoms with van der Waals surface area (Å²) in [6.45, 7) is 3.64. The van der Waals surface area contributed by atoms with Gasteiger partial charge >= 0.3 is 0 Å². The molecule has 0 N–H and O–H groups in total. The minimum Gasteiger partial charge on any atom is -0.492 e. The van der Waals surface area contributed by atoms with Crippen LogP contribution in [-0.4, -0.2) is 39.9 Å². The number of ether oxygens (including phenoxy) is 1. The van der Waals surface area contributed by atoms with Crippen molar-refractivity contribution in [3.63, 3.8) is 0 Å². The van der Waals surface area contributed by atoms with E-state index in [1.165, 1.54) is 0 Å². The van der Waals surface area contributed by atoms with Gasteiger partial charge in [0.15, 0.2) is 5.82 Å². The molecule has 0 saturated heterocycles. The first-order chi connectivity index (χ1) is 15.9. The Hall–Kier alpha value is -2.80. The third-order valence-electron chi connectivity index (χ3n) is 5.28. The Morgan fingerprint density at radius 2 is 1.76 bits per heavy atom. The van der Waals surface area contributed by atoms with E-state index in [0.29, 0.717) is 41.6 Å². The third-order valence-corrected chi connectivity index (χ3v) is 6.16. The van der Waals surface area contributed by atoms with Gasteiger partial charge in [-0.15, -0.1) is 10.2 Å². The van der Waals surface area contributed by atoms with Gasteiger partial charge < -0.3 is 9.64 Å². The lowest BCUT2D eigenvalue weighted by atomic mass is 10.1. The topological polar surface area (TPSA) is 56.1 Å². The van der Waals surface area contributed by atoms with Crippen LogP contribution in [0.25, 0.3) is 11.4 Å². The number of rotatable bonds is 8. The number of pyridine rings is 1. The van der Waals surface area contributed by atoms with Gasteiger partial charge in [0.05, 0.1) is 13.1 Å². The van der Waals surface area contributed by atoms with E-state index in [0.717, 1.165) is 27.5 Å². The first-order valence-electron chi connectivity index (χ1n) is 10.3. The molecule has 0 bridgehead atoms. The highest BCUT2D eigenvalue weighted by Gasteiger charge is 2.19. The number of hydrogen-bond acceptors (Lipinski definition) is 5. The van der Waals surface area contributed by atoms with E-state index in [2.05, 4.69) is 21.2 Å². The Labute approximate surface area is 207 Å². The van der Waals surface area contributed by atoms with Crippen molar-refractivity contribution in [3.8, 4) is 17.1 Å². The van der Waals surface area contributed by atoms with Crippen LogP contribution in [0.5, 0.6) is 5.75 Å². The summed E-state index contributed by atoms with van der Waals surface area (Å²) in [6, 6.07) is 16.8. The summed E-state index contributed by atoms with van der Waals surface area (Å²) < 4.78 is 7.90. The zero-order chi connectivity index (χ0) is 23.4. The van der Waals surface area contributed by atoms with Gasteiger partial charge in [0.2, 0.25) is 5.95 Å². The van der Waals surface area contributed by atoms with Gasteiger partial charge in [-0.2, -0.15) is 0 Å². The van der Waals surface area contributed by atoms with E-state index in [1.54, 1.807) is 24.4 Å². The largest absolute Gasteiger partial charge is 0.492 e. The average Bonchev–Trinajstić information content (AvgIpc) is 3.22. The number of benzene rings is 2. The monoisotopic (exact) mass is 501 g/mol. The fourth-order valence-electron chi connectivity index (χ4n) is 3.37. The molecule has 0 unspecified atom stereocenters. The maximum absolute atomic E-state index is 6.37. The first kappa shape index (κ1) is 23.4. The molecular weight excluding hydrogens is 481 g/mol. The van der Waals surface area contributed by atoms with Crippen LogP contribution in [0.1, 0.15) is 11.1 Å². The molecule has 0 saturated carbocycles. The predicted molar refractivity (Wildman–Crippen MR) is 134 cm³/mol. The molecule has 4 rings (SSSR count). The lowest BCUT2D eigenvalue weighted by molar-refractivity contribution is 0.325. The molecule has 0 aliphatic carbocycles. The van der Waals surface area contributed by atoms with E-state index in [-0.39, 0.29) is 0 Å². The zero-order valence-corrected chi connectivity index (χ0v) is 20.4. The Morgan fingerprint density at radius 3 is 2.48 bits per heavy atom. The number of anilines is 1. The summed E-state index contributed by atoms with van der Waals surface area (Å²) in [5.41, 5.74) is 2.92. The molecule has 0 spiro atoms. The molecule has 0 aliphatic heterocycles. The SMILES string of the molecule is Cc1c(Cl)cccc1Cn1c(-c2ccc(Cl)nc2)nnc1N(C)CCOc1ccc(Cl)cc1. The van der Waals surface area contributed by atoms with Gasteiger partial charge in [0, 0.05) is 28.9 Å². The molecule has 0 amide bonds. The van der Waals surface area contributed by atoms with Gasteiger partial charge in [-0.3, -0.25) is 4.57 Å². The van der Waals surface area contributed by atoms with Gasteiger partial charge in [-0.1, -0.05) is 46.9 Å². The quantitative estimate of drug-likeness (QED) is 0.270. The van der Waals surface area contributed by atoms with Crippen molar-refractivity contribution in [2.24, 2.45) is 0 Å². The molecule has 0 aliphatic rings. The molecular formula is C24H22Cl3N5O. The Kier molecular flexibility index (Phi) is 7.38. The molecule has 0 atom stereocenters. The normalized spacial score (nSPS) is 10.9. The van der Waals surface area contributed by atoms with Crippen molar-refractivity contribution in [2.45, 2.75) is 13.5 Å². The van der Waals surface area contributed by atoms with Crippen LogP contribution in [0.4, 0.5) is 5.95 Å². The molecule has 2 heterocycles. The summed E-state index contributed by atoms with van der Waals surface area (Å²) in [7, 11) is 1.96. The summed E-state index contributed by atoms with van der Waals surface area (Å²) >= 11 is 18.3. The molecule has 4 aromatic rings. The summed E-state index contributed by atoms with van der Waals surface area (Å²) in [5.74, 6) is 2.16. The van der Waals surface area contributed by atoms with Crippen LogP contribution < -0.4 is 9.64 Å². The van der Waals surface area contributed by atoms with E-state index >= 15 is 0 Å². The van der Waals surface area contributed by atoms with Gasteiger partial charge in [-0.05, 0) is 60.5 Å². The second-order valence-electron chi connectivity index (χ2n) is 7.53. The van der Waals surface area contributed by atoms with Crippen molar-refractivity contribution in [1.29, 1.82) is 0 Å². The average molecular weight is 503 g/mol. The van der Waals surface area contributed by atoms with Crippen LogP contribution in [0.3, 0.4) is 0 Å². The smallest absolute Gasteiger partial charge is 0.227 e. The maximum atomic E-state index is 6.37. The highest BCUT2D eigenvalue weighted by molar-refractivity contribution is 6.31. The molecule has 0 fully saturated rings. The van der Waals surface area contributed by atoms with Crippen molar-refractivity contribution >= 4 is 40.8 Å². The summed E-state index contributed by atoms with van der Waals surface area (Å²) in [4.78, 5) is 6.21. The lowest BCUT2D eigenvalue weighted by Gasteiger charge is -2.21. The fraction of sp³-hybridized carbons (Fsp3) is 0.208. The van der Waals surface area contributed by atoms with Crippen molar-refractivity contribution in [2.75, 3.05) is 25.1 Å². The third kappa shape index (κ3) is 5.58. The second-order valence-corrected chi connectivity index (χ2v) is 8.76. The summed E-state index contributed by atoms with van der Waals surface area (Å²) in [5, 5.41) is 10.8. The van der Waals surface area contributed by atoms with Crippen LogP contribution in [0, 0.1) is 6.92 Å². The van der Waals surface area contributed by atoms with Crippen molar-refractivity contribution < 1.29 is 4.74 Å². The van der Waals surface area contributed by atoms with Crippen LogP contribution in [0.15, 0.2) is 60.8 Å². The zero-order valence-electron chi connectivity index (χ0n) is 18.2. The minimum atomic E-state index is 0.423. The van der Waals surface area contributed by atoms with E-state index < -0.39 is 0 Å². The Balaban J connectivity index is 1.60.